The summed E-state index contributed by atoms with van der Waals surface area (Å²) in [6, 6.07) is 9.01. The summed E-state index contributed by atoms with van der Waals surface area (Å²) in [5, 5.41) is 9.48. The molecule has 0 aliphatic carbocycles. The lowest BCUT2D eigenvalue weighted by atomic mass is 10.1. The fourth-order valence-electron chi connectivity index (χ4n) is 2.48. The van der Waals surface area contributed by atoms with E-state index in [-0.39, 0.29) is 30.2 Å². The monoisotopic (exact) mass is 319 g/mol. The Labute approximate surface area is 133 Å². The first-order valence-electron chi connectivity index (χ1n) is 7.56. The molecule has 122 valence electrons. The number of hydrogen-bond donors (Lipinski definition) is 1. The fraction of sp³-hybridized carbons (Fsp3) is 0.353. The number of piperidine rings is 1. The minimum absolute atomic E-state index is 0.164. The molecular weight excluding hydrogens is 301 g/mol. The van der Waals surface area contributed by atoms with Crippen LogP contribution >= 0.6 is 0 Å². The molecule has 0 atom stereocenters. The van der Waals surface area contributed by atoms with Crippen molar-refractivity contribution in [2.75, 3.05) is 13.1 Å². The van der Waals surface area contributed by atoms with Gasteiger partial charge in [0.1, 0.15) is 23.9 Å². The van der Waals surface area contributed by atoms with Crippen molar-refractivity contribution in [2.24, 2.45) is 0 Å². The molecule has 1 saturated heterocycles. The zero-order valence-electron chi connectivity index (χ0n) is 12.6. The standard InChI is InChI=1S/C17H18FNO4/c18-12-1-3-14(4-2-12)22-11-15-5-6-16(23-15)17(21)19-9-7-13(20)8-10-19/h1-6,13,20H,7-11H2. The van der Waals surface area contributed by atoms with E-state index in [1.807, 2.05) is 0 Å². The lowest BCUT2D eigenvalue weighted by molar-refractivity contribution is 0.0517. The maximum atomic E-state index is 12.8. The van der Waals surface area contributed by atoms with E-state index in [4.69, 9.17) is 9.15 Å². The Kier molecular flexibility index (Phi) is 4.62. The first-order valence-corrected chi connectivity index (χ1v) is 7.56. The molecule has 1 fully saturated rings. The number of benzene rings is 1. The second-order valence-corrected chi connectivity index (χ2v) is 5.53. The highest BCUT2D eigenvalue weighted by atomic mass is 19.1. The third kappa shape index (κ3) is 3.90. The molecule has 1 aliphatic heterocycles. The zero-order valence-corrected chi connectivity index (χ0v) is 12.6. The maximum absolute atomic E-state index is 12.8. The lowest BCUT2D eigenvalue weighted by Gasteiger charge is -2.28. The molecule has 3 rings (SSSR count). The Morgan fingerprint density at radius 2 is 1.91 bits per heavy atom. The van der Waals surface area contributed by atoms with Crippen LogP contribution in [0.3, 0.4) is 0 Å². The Bertz CT molecular complexity index is 659. The molecule has 1 N–H and O–H groups in total. The molecule has 6 heteroatoms. The second kappa shape index (κ2) is 6.83. The van der Waals surface area contributed by atoms with Crippen LogP contribution in [-0.2, 0) is 6.61 Å². The molecule has 0 unspecified atom stereocenters. The first-order chi connectivity index (χ1) is 11.1. The van der Waals surface area contributed by atoms with Crippen LogP contribution < -0.4 is 4.74 Å². The molecule has 0 saturated carbocycles. The van der Waals surface area contributed by atoms with E-state index in [1.54, 1.807) is 17.0 Å². The first kappa shape index (κ1) is 15.6. The molecule has 2 heterocycles. The average Bonchev–Trinajstić information content (AvgIpc) is 3.03. The number of aliphatic hydroxyl groups is 1. The van der Waals surface area contributed by atoms with Crippen LogP contribution in [0.15, 0.2) is 40.8 Å². The van der Waals surface area contributed by atoms with Crippen LogP contribution in [0.2, 0.25) is 0 Å². The topological polar surface area (TPSA) is 62.9 Å². The van der Waals surface area contributed by atoms with E-state index in [0.717, 1.165) is 0 Å². The molecule has 0 bridgehead atoms. The molecular formula is C17H18FNO4. The SMILES string of the molecule is O=C(c1ccc(COc2ccc(F)cc2)o1)N1CCC(O)CC1. The van der Waals surface area contributed by atoms with E-state index >= 15 is 0 Å². The number of hydrogen-bond acceptors (Lipinski definition) is 4. The summed E-state index contributed by atoms with van der Waals surface area (Å²) in [5.41, 5.74) is 0. The Balaban J connectivity index is 1.57. The number of likely N-dealkylation sites (tertiary alicyclic amines) is 1. The molecule has 0 spiro atoms. The van der Waals surface area contributed by atoms with Crippen molar-refractivity contribution in [1.29, 1.82) is 0 Å². The smallest absolute Gasteiger partial charge is 0.289 e. The van der Waals surface area contributed by atoms with Crippen molar-refractivity contribution < 1.29 is 23.4 Å². The van der Waals surface area contributed by atoms with Gasteiger partial charge < -0.3 is 19.2 Å². The predicted octanol–water partition coefficient (Wildman–Crippen LogP) is 2.59. The summed E-state index contributed by atoms with van der Waals surface area (Å²) in [7, 11) is 0. The van der Waals surface area contributed by atoms with E-state index < -0.39 is 0 Å². The number of ether oxygens (including phenoxy) is 1. The number of rotatable bonds is 4. The average molecular weight is 319 g/mol. The molecule has 1 aliphatic rings. The van der Waals surface area contributed by atoms with Gasteiger partial charge in [0, 0.05) is 13.1 Å². The zero-order chi connectivity index (χ0) is 16.2. The van der Waals surface area contributed by atoms with Crippen LogP contribution in [0.1, 0.15) is 29.2 Å². The van der Waals surface area contributed by atoms with Gasteiger partial charge in [0.05, 0.1) is 6.10 Å². The van der Waals surface area contributed by atoms with Crippen molar-refractivity contribution in [3.8, 4) is 5.75 Å². The van der Waals surface area contributed by atoms with E-state index in [1.165, 1.54) is 24.3 Å². The van der Waals surface area contributed by atoms with E-state index in [2.05, 4.69) is 0 Å². The Morgan fingerprint density at radius 1 is 1.22 bits per heavy atom. The predicted molar refractivity (Wildman–Crippen MR) is 80.6 cm³/mol. The number of furan rings is 1. The number of amides is 1. The van der Waals surface area contributed by atoms with Crippen LogP contribution in [-0.4, -0.2) is 35.1 Å². The maximum Gasteiger partial charge on any atom is 0.289 e. The van der Waals surface area contributed by atoms with Gasteiger partial charge in [-0.25, -0.2) is 4.39 Å². The summed E-state index contributed by atoms with van der Waals surface area (Å²) in [6.45, 7) is 1.22. The number of nitrogens with zero attached hydrogens (tertiary/aromatic N) is 1. The lowest BCUT2D eigenvalue weighted by Crippen LogP contribution is -2.39. The van der Waals surface area contributed by atoms with Gasteiger partial charge in [-0.1, -0.05) is 0 Å². The highest BCUT2D eigenvalue weighted by Gasteiger charge is 2.24. The Hall–Kier alpha value is -2.34. The van der Waals surface area contributed by atoms with Crippen LogP contribution in [0.25, 0.3) is 0 Å². The third-order valence-electron chi connectivity index (χ3n) is 3.82. The highest BCUT2D eigenvalue weighted by molar-refractivity contribution is 5.91. The Morgan fingerprint density at radius 3 is 2.61 bits per heavy atom. The molecule has 0 radical (unpaired) electrons. The summed E-state index contributed by atoms with van der Waals surface area (Å²) in [4.78, 5) is 14.0. The van der Waals surface area contributed by atoms with E-state index in [9.17, 15) is 14.3 Å². The van der Waals surface area contributed by atoms with Gasteiger partial charge in [-0.3, -0.25) is 4.79 Å². The van der Waals surface area contributed by atoms with Crippen LogP contribution in [0.4, 0.5) is 4.39 Å². The fourth-order valence-corrected chi connectivity index (χ4v) is 2.48. The molecule has 23 heavy (non-hydrogen) atoms. The van der Waals surface area contributed by atoms with Gasteiger partial charge in [-0.05, 0) is 49.2 Å². The number of carbonyl (C=O) groups is 1. The van der Waals surface area contributed by atoms with E-state index in [0.29, 0.717) is 37.4 Å². The van der Waals surface area contributed by atoms with Gasteiger partial charge in [0.2, 0.25) is 0 Å². The summed E-state index contributed by atoms with van der Waals surface area (Å²) in [5.74, 6) is 0.814. The van der Waals surface area contributed by atoms with Crippen molar-refractivity contribution in [2.45, 2.75) is 25.6 Å². The third-order valence-corrected chi connectivity index (χ3v) is 3.82. The summed E-state index contributed by atoms with van der Waals surface area (Å²) >= 11 is 0. The quantitative estimate of drug-likeness (QED) is 0.941. The molecule has 1 amide bonds. The van der Waals surface area contributed by atoms with Gasteiger partial charge >= 0.3 is 0 Å². The minimum atomic E-state index is -0.324. The molecule has 1 aromatic heterocycles. The van der Waals surface area contributed by atoms with Gasteiger partial charge in [-0.15, -0.1) is 0 Å². The normalized spacial score (nSPS) is 15.7. The van der Waals surface area contributed by atoms with Crippen LogP contribution in [0.5, 0.6) is 5.75 Å². The number of carbonyl (C=O) groups excluding carboxylic acids is 1. The summed E-state index contributed by atoms with van der Waals surface area (Å²) < 4.78 is 23.8. The largest absolute Gasteiger partial charge is 0.486 e. The van der Waals surface area contributed by atoms with Gasteiger partial charge in [-0.2, -0.15) is 0 Å². The molecule has 1 aromatic carbocycles. The van der Waals surface area contributed by atoms with Gasteiger partial charge in [0.25, 0.3) is 5.91 Å². The van der Waals surface area contributed by atoms with Crippen molar-refractivity contribution >= 4 is 5.91 Å². The van der Waals surface area contributed by atoms with Crippen molar-refractivity contribution in [3.63, 3.8) is 0 Å². The molecule has 2 aromatic rings. The van der Waals surface area contributed by atoms with Crippen molar-refractivity contribution in [1.82, 2.24) is 4.90 Å². The number of aliphatic hydroxyl groups excluding tert-OH is 1. The van der Waals surface area contributed by atoms with Crippen LogP contribution in [0, 0.1) is 5.82 Å². The highest BCUT2D eigenvalue weighted by Crippen LogP contribution is 2.18. The summed E-state index contributed by atoms with van der Waals surface area (Å²) in [6.07, 6.45) is 0.857. The second-order valence-electron chi connectivity index (χ2n) is 5.53. The minimum Gasteiger partial charge on any atom is -0.486 e. The number of halogens is 1. The van der Waals surface area contributed by atoms with Gasteiger partial charge in [0.15, 0.2) is 5.76 Å². The molecule has 5 nitrogen and oxygen atoms in total. The van der Waals surface area contributed by atoms with Crippen molar-refractivity contribution in [3.05, 3.63) is 53.7 Å².